The van der Waals surface area contributed by atoms with Crippen LogP contribution in [-0.2, 0) is 16.0 Å². The molecule has 0 atom stereocenters. The van der Waals surface area contributed by atoms with E-state index in [2.05, 4.69) is 15.6 Å². The Labute approximate surface area is 196 Å². The number of nitrogens with one attached hydrogen (secondary N) is 2. The van der Waals surface area contributed by atoms with Gasteiger partial charge in [0, 0.05) is 39.9 Å². The average Bonchev–Trinajstić information content (AvgIpc) is 2.72. The summed E-state index contributed by atoms with van der Waals surface area (Å²) in [5.41, 5.74) is 1.42. The second-order valence-electron chi connectivity index (χ2n) is 7.08. The van der Waals surface area contributed by atoms with Gasteiger partial charge in [-0.3, -0.25) is 0 Å². The fraction of sp³-hybridized carbons (Fsp3) is 0.667. The minimum absolute atomic E-state index is 0. The first-order chi connectivity index (χ1) is 14.1. The van der Waals surface area contributed by atoms with Crippen LogP contribution < -0.4 is 15.5 Å². The van der Waals surface area contributed by atoms with E-state index in [1.165, 1.54) is 0 Å². The number of anilines is 1. The van der Waals surface area contributed by atoms with Crippen LogP contribution in [0.3, 0.4) is 0 Å². The monoisotopic (exact) mass is 538 g/mol. The number of halogens is 2. The lowest BCUT2D eigenvalue weighted by atomic mass is 10.1. The van der Waals surface area contributed by atoms with Gasteiger partial charge < -0.3 is 30.1 Å². The zero-order chi connectivity index (χ0) is 20.9. The van der Waals surface area contributed by atoms with Crippen LogP contribution in [-0.4, -0.2) is 70.3 Å². The molecule has 0 bridgehead atoms. The lowest BCUT2D eigenvalue weighted by Gasteiger charge is -2.31. The van der Waals surface area contributed by atoms with Crippen molar-refractivity contribution in [1.82, 2.24) is 10.6 Å². The van der Waals surface area contributed by atoms with E-state index in [4.69, 9.17) is 9.47 Å². The fourth-order valence-corrected chi connectivity index (χ4v) is 3.15. The van der Waals surface area contributed by atoms with Gasteiger partial charge in [0.05, 0.1) is 31.5 Å². The van der Waals surface area contributed by atoms with Gasteiger partial charge in [0.15, 0.2) is 5.96 Å². The van der Waals surface area contributed by atoms with Gasteiger partial charge in [-0.15, -0.1) is 24.0 Å². The maximum Gasteiger partial charge on any atom is 0.191 e. The van der Waals surface area contributed by atoms with Crippen molar-refractivity contribution >= 4 is 35.6 Å². The molecule has 3 N–H and O–H groups in total. The molecule has 2 rings (SSSR count). The first-order valence-corrected chi connectivity index (χ1v) is 10.4. The molecule has 1 saturated heterocycles. The summed E-state index contributed by atoms with van der Waals surface area (Å²) >= 11 is 0. The Balaban J connectivity index is 0.00000450. The number of hydrogen-bond acceptors (Lipinski definition) is 5. The van der Waals surface area contributed by atoms with Crippen LogP contribution in [0.25, 0.3) is 0 Å². The molecular formula is C21H36FIN4O3. The van der Waals surface area contributed by atoms with Crippen molar-refractivity contribution in [2.24, 2.45) is 4.99 Å². The topological polar surface area (TPSA) is 78.4 Å². The highest BCUT2D eigenvalue weighted by atomic mass is 127. The van der Waals surface area contributed by atoms with Crippen molar-refractivity contribution in [2.75, 3.05) is 58.0 Å². The number of aliphatic imine (C=N–C) groups is 1. The number of aliphatic hydroxyl groups excluding tert-OH is 1. The zero-order valence-electron chi connectivity index (χ0n) is 18.0. The third kappa shape index (κ3) is 9.76. The zero-order valence-corrected chi connectivity index (χ0v) is 20.4. The fourth-order valence-electron chi connectivity index (χ4n) is 3.15. The average molecular weight is 538 g/mol. The molecule has 172 valence electrons. The number of ether oxygens (including phenoxy) is 2. The predicted octanol–water partition coefficient (Wildman–Crippen LogP) is 2.51. The number of rotatable bonds is 11. The SMILES string of the molecule is CCNC(=NCc1ccc(N2CCC(O)CC2)c(F)c1)NCCCOCCOC.I. The molecule has 0 aromatic heterocycles. The third-order valence-corrected chi connectivity index (χ3v) is 4.77. The Morgan fingerprint density at radius 3 is 2.67 bits per heavy atom. The second kappa shape index (κ2) is 15.6. The normalized spacial score (nSPS) is 15.1. The molecule has 9 heteroatoms. The lowest BCUT2D eigenvalue weighted by molar-refractivity contribution is 0.0698. The van der Waals surface area contributed by atoms with Gasteiger partial charge in [0.2, 0.25) is 0 Å². The molecule has 7 nitrogen and oxygen atoms in total. The molecule has 0 amide bonds. The molecular weight excluding hydrogens is 502 g/mol. The summed E-state index contributed by atoms with van der Waals surface area (Å²) in [7, 11) is 1.66. The summed E-state index contributed by atoms with van der Waals surface area (Å²) in [6.45, 7) is 7.13. The summed E-state index contributed by atoms with van der Waals surface area (Å²) in [4.78, 5) is 6.54. The van der Waals surface area contributed by atoms with Gasteiger partial charge in [0.25, 0.3) is 0 Å². The van der Waals surface area contributed by atoms with E-state index >= 15 is 0 Å². The Kier molecular flexibility index (Phi) is 14.0. The van der Waals surface area contributed by atoms with E-state index in [1.54, 1.807) is 13.2 Å². The standard InChI is InChI=1S/C21H35FN4O3.HI/c1-3-23-21(24-9-4-12-29-14-13-28-2)25-16-17-5-6-20(19(22)15-17)26-10-7-18(27)8-11-26;/h5-6,15,18,27H,3-4,7-14,16H2,1-2H3,(H2,23,24,25);1H. The van der Waals surface area contributed by atoms with E-state index in [0.717, 1.165) is 25.1 Å². The minimum Gasteiger partial charge on any atom is -0.393 e. The van der Waals surface area contributed by atoms with E-state index in [9.17, 15) is 9.50 Å². The van der Waals surface area contributed by atoms with Crippen LogP contribution in [0.5, 0.6) is 0 Å². The first kappa shape index (κ1) is 26.9. The van der Waals surface area contributed by atoms with Crippen LogP contribution in [0.4, 0.5) is 10.1 Å². The number of nitrogens with zero attached hydrogens (tertiary/aromatic N) is 2. The predicted molar refractivity (Wildman–Crippen MR) is 129 cm³/mol. The number of guanidine groups is 1. The van der Waals surface area contributed by atoms with Crippen molar-refractivity contribution < 1.29 is 19.0 Å². The van der Waals surface area contributed by atoms with Crippen molar-refractivity contribution in [3.8, 4) is 0 Å². The van der Waals surface area contributed by atoms with E-state index in [-0.39, 0.29) is 35.9 Å². The summed E-state index contributed by atoms with van der Waals surface area (Å²) in [5, 5.41) is 16.1. The van der Waals surface area contributed by atoms with E-state index < -0.39 is 0 Å². The van der Waals surface area contributed by atoms with Gasteiger partial charge in [-0.2, -0.15) is 0 Å². The molecule has 1 aromatic rings. The number of aliphatic hydroxyl groups is 1. The van der Waals surface area contributed by atoms with E-state index in [0.29, 0.717) is 63.9 Å². The van der Waals surface area contributed by atoms with Crippen LogP contribution in [0.1, 0.15) is 31.7 Å². The Hall–Kier alpha value is -1.17. The molecule has 1 heterocycles. The van der Waals surface area contributed by atoms with Crippen molar-refractivity contribution in [1.29, 1.82) is 0 Å². The molecule has 1 aliphatic rings. The smallest absolute Gasteiger partial charge is 0.191 e. The summed E-state index contributed by atoms with van der Waals surface area (Å²) in [6.07, 6.45) is 1.96. The van der Waals surface area contributed by atoms with Crippen LogP contribution in [0, 0.1) is 5.82 Å². The van der Waals surface area contributed by atoms with Gasteiger partial charge in [-0.25, -0.2) is 9.38 Å². The molecule has 0 saturated carbocycles. The molecule has 0 aliphatic carbocycles. The van der Waals surface area contributed by atoms with Crippen molar-refractivity contribution in [3.63, 3.8) is 0 Å². The van der Waals surface area contributed by atoms with Gasteiger partial charge in [-0.1, -0.05) is 6.07 Å². The summed E-state index contributed by atoms with van der Waals surface area (Å²) in [5.74, 6) is 0.471. The minimum atomic E-state index is -0.267. The number of benzene rings is 1. The van der Waals surface area contributed by atoms with Crippen LogP contribution >= 0.6 is 24.0 Å². The van der Waals surface area contributed by atoms with Gasteiger partial charge in [0.1, 0.15) is 5.82 Å². The molecule has 30 heavy (non-hydrogen) atoms. The van der Waals surface area contributed by atoms with Gasteiger partial charge in [-0.05, 0) is 43.9 Å². The molecule has 0 unspecified atom stereocenters. The molecule has 1 fully saturated rings. The molecule has 1 aliphatic heterocycles. The van der Waals surface area contributed by atoms with Crippen LogP contribution in [0.15, 0.2) is 23.2 Å². The Morgan fingerprint density at radius 1 is 1.23 bits per heavy atom. The lowest BCUT2D eigenvalue weighted by Crippen LogP contribution is -2.38. The number of hydrogen-bond donors (Lipinski definition) is 3. The maximum absolute atomic E-state index is 14.6. The highest BCUT2D eigenvalue weighted by molar-refractivity contribution is 14.0. The van der Waals surface area contributed by atoms with Crippen molar-refractivity contribution in [2.45, 2.75) is 38.8 Å². The number of piperidine rings is 1. The highest BCUT2D eigenvalue weighted by Crippen LogP contribution is 2.24. The first-order valence-electron chi connectivity index (χ1n) is 10.4. The quantitative estimate of drug-likeness (QED) is 0.174. The highest BCUT2D eigenvalue weighted by Gasteiger charge is 2.19. The maximum atomic E-state index is 14.6. The molecule has 0 spiro atoms. The Morgan fingerprint density at radius 2 is 2.00 bits per heavy atom. The van der Waals surface area contributed by atoms with E-state index in [1.807, 2.05) is 24.0 Å². The van der Waals surface area contributed by atoms with Crippen LogP contribution in [0.2, 0.25) is 0 Å². The number of methoxy groups -OCH3 is 1. The Bertz CT molecular complexity index is 628. The second-order valence-corrected chi connectivity index (χ2v) is 7.08. The summed E-state index contributed by atoms with van der Waals surface area (Å²) in [6, 6.07) is 5.28. The third-order valence-electron chi connectivity index (χ3n) is 4.77. The van der Waals surface area contributed by atoms with Crippen molar-refractivity contribution in [3.05, 3.63) is 29.6 Å². The summed E-state index contributed by atoms with van der Waals surface area (Å²) < 4.78 is 25.0. The largest absolute Gasteiger partial charge is 0.393 e. The molecule has 1 aromatic carbocycles. The molecule has 0 radical (unpaired) electrons. The van der Waals surface area contributed by atoms with Gasteiger partial charge >= 0.3 is 0 Å².